The molecule has 2 aromatic rings. The molecule has 1 heterocycles. The highest BCUT2D eigenvalue weighted by atomic mass is 35.5. The molecule has 0 atom stereocenters. The van der Waals surface area contributed by atoms with Crippen LogP contribution in [-0.2, 0) is 15.3 Å². The Morgan fingerprint density at radius 2 is 2.15 bits per heavy atom. The van der Waals surface area contributed by atoms with Gasteiger partial charge in [0.15, 0.2) is 6.61 Å². The van der Waals surface area contributed by atoms with Gasteiger partial charge in [0.2, 0.25) is 0 Å². The number of nitrogens with one attached hydrogen (secondary N) is 1. The number of amides is 1. The Morgan fingerprint density at radius 1 is 1.35 bits per heavy atom. The van der Waals surface area contributed by atoms with Crippen LogP contribution in [0.3, 0.4) is 0 Å². The first-order valence-electron chi connectivity index (χ1n) is 7.45. The molecule has 0 bridgehead atoms. The summed E-state index contributed by atoms with van der Waals surface area (Å²) in [5.74, 6) is 0.186. The van der Waals surface area contributed by atoms with Gasteiger partial charge in [-0.05, 0) is 23.6 Å². The van der Waals surface area contributed by atoms with Crippen molar-refractivity contribution < 1.29 is 19.2 Å². The largest absolute Gasteiger partial charge is 0.452 e. The molecule has 7 nitrogen and oxygen atoms in total. The Bertz CT molecular complexity index is 783. The summed E-state index contributed by atoms with van der Waals surface area (Å²) in [6.45, 7) is -0.0677. The van der Waals surface area contributed by atoms with Gasteiger partial charge in [-0.15, -0.1) is 11.3 Å². The number of esters is 1. The summed E-state index contributed by atoms with van der Waals surface area (Å²) in [5.41, 5.74) is -0.716. The summed E-state index contributed by atoms with van der Waals surface area (Å²) in [7, 11) is 0. The fourth-order valence-corrected chi connectivity index (χ4v) is 3.78. The van der Waals surface area contributed by atoms with Crippen molar-refractivity contribution in [3.8, 4) is 0 Å². The number of nitro benzene ring substituents is 1. The second kappa shape index (κ2) is 10.1. The predicted molar refractivity (Wildman–Crippen MR) is 102 cm³/mol. The molecule has 0 saturated carbocycles. The molecule has 0 aliphatic rings. The van der Waals surface area contributed by atoms with Gasteiger partial charge in [-0.3, -0.25) is 14.9 Å². The zero-order valence-corrected chi connectivity index (χ0v) is 15.9. The average molecular weight is 415 g/mol. The van der Waals surface area contributed by atoms with Crippen LogP contribution in [0.5, 0.6) is 0 Å². The van der Waals surface area contributed by atoms with Gasteiger partial charge in [-0.2, -0.15) is 11.8 Å². The van der Waals surface area contributed by atoms with Gasteiger partial charge in [-0.25, -0.2) is 4.79 Å². The summed E-state index contributed by atoms with van der Waals surface area (Å²) in [4.78, 5) is 35.1. The number of carbonyl (C=O) groups excluding carboxylic acids is 2. The van der Waals surface area contributed by atoms with E-state index in [-0.39, 0.29) is 10.6 Å². The van der Waals surface area contributed by atoms with Crippen LogP contribution in [0.25, 0.3) is 0 Å². The number of thioether (sulfide) groups is 1. The van der Waals surface area contributed by atoms with Crippen molar-refractivity contribution in [1.82, 2.24) is 5.32 Å². The number of hydrogen-bond acceptors (Lipinski definition) is 7. The molecule has 0 saturated heterocycles. The number of carbonyl (C=O) groups is 2. The Hall–Kier alpha value is -2.10. The van der Waals surface area contributed by atoms with Gasteiger partial charge in [0.1, 0.15) is 5.56 Å². The molecule has 0 spiro atoms. The number of rotatable bonds is 9. The smallest absolute Gasteiger partial charge is 0.345 e. The molecule has 138 valence electrons. The number of ether oxygens (including phenoxy) is 1. The van der Waals surface area contributed by atoms with E-state index in [9.17, 15) is 19.7 Å². The van der Waals surface area contributed by atoms with Crippen LogP contribution in [0.2, 0.25) is 5.02 Å². The van der Waals surface area contributed by atoms with Gasteiger partial charge in [0.25, 0.3) is 11.6 Å². The van der Waals surface area contributed by atoms with Crippen molar-refractivity contribution in [1.29, 1.82) is 0 Å². The van der Waals surface area contributed by atoms with E-state index in [2.05, 4.69) is 5.32 Å². The maximum atomic E-state index is 11.9. The second-order valence-corrected chi connectivity index (χ2v) is 7.55. The third kappa shape index (κ3) is 6.32. The van der Waals surface area contributed by atoms with E-state index in [1.807, 2.05) is 17.5 Å². The molecule has 0 fully saturated rings. The van der Waals surface area contributed by atoms with Crippen molar-refractivity contribution in [3.05, 3.63) is 61.3 Å². The van der Waals surface area contributed by atoms with E-state index in [1.165, 1.54) is 17.0 Å². The van der Waals surface area contributed by atoms with E-state index < -0.39 is 29.1 Å². The van der Waals surface area contributed by atoms with Crippen LogP contribution in [0.1, 0.15) is 15.2 Å². The second-order valence-electron chi connectivity index (χ2n) is 4.98. The van der Waals surface area contributed by atoms with E-state index >= 15 is 0 Å². The third-order valence-electron chi connectivity index (χ3n) is 3.10. The minimum atomic E-state index is -0.949. The molecule has 26 heavy (non-hydrogen) atoms. The lowest BCUT2D eigenvalue weighted by Crippen LogP contribution is -2.30. The van der Waals surface area contributed by atoms with Crippen molar-refractivity contribution in [2.24, 2.45) is 0 Å². The first kappa shape index (κ1) is 20.2. The highest BCUT2D eigenvalue weighted by Crippen LogP contribution is 2.23. The molecule has 0 unspecified atom stereocenters. The van der Waals surface area contributed by atoms with E-state index in [0.717, 1.165) is 17.6 Å². The minimum Gasteiger partial charge on any atom is -0.452 e. The zero-order chi connectivity index (χ0) is 18.9. The van der Waals surface area contributed by atoms with Gasteiger partial charge in [0, 0.05) is 34.0 Å². The Kier molecular flexibility index (Phi) is 7.89. The maximum Gasteiger partial charge on any atom is 0.345 e. The summed E-state index contributed by atoms with van der Waals surface area (Å²) in [6, 6.07) is 7.63. The van der Waals surface area contributed by atoms with Crippen LogP contribution < -0.4 is 5.32 Å². The number of halogens is 1. The van der Waals surface area contributed by atoms with Crippen LogP contribution >= 0.6 is 34.7 Å². The monoisotopic (exact) mass is 414 g/mol. The summed E-state index contributed by atoms with van der Waals surface area (Å²) in [5, 5.41) is 15.7. The summed E-state index contributed by atoms with van der Waals surface area (Å²) in [6.07, 6.45) is 0. The number of benzene rings is 1. The van der Waals surface area contributed by atoms with Gasteiger partial charge < -0.3 is 10.1 Å². The molecule has 10 heteroatoms. The highest BCUT2D eigenvalue weighted by molar-refractivity contribution is 7.98. The molecular weight excluding hydrogens is 400 g/mol. The predicted octanol–water partition coefficient (Wildman–Crippen LogP) is 3.52. The fraction of sp³-hybridized carbons (Fsp3) is 0.250. The van der Waals surface area contributed by atoms with Gasteiger partial charge >= 0.3 is 5.97 Å². The van der Waals surface area contributed by atoms with Crippen LogP contribution in [0.4, 0.5) is 5.69 Å². The average Bonchev–Trinajstić information content (AvgIpc) is 3.12. The Balaban J connectivity index is 1.71. The first-order chi connectivity index (χ1) is 12.5. The molecule has 1 aromatic heterocycles. The van der Waals surface area contributed by atoms with Crippen LogP contribution in [0, 0.1) is 10.1 Å². The summed E-state index contributed by atoms with van der Waals surface area (Å²) < 4.78 is 4.83. The molecule has 2 rings (SSSR count). The maximum absolute atomic E-state index is 11.9. The lowest BCUT2D eigenvalue weighted by atomic mass is 10.2. The lowest BCUT2D eigenvalue weighted by molar-refractivity contribution is -0.385. The van der Waals surface area contributed by atoms with Crippen LogP contribution in [-0.4, -0.2) is 35.7 Å². The normalized spacial score (nSPS) is 10.3. The molecule has 1 amide bonds. The van der Waals surface area contributed by atoms with Crippen molar-refractivity contribution in [3.63, 3.8) is 0 Å². The molecule has 0 aliphatic heterocycles. The highest BCUT2D eigenvalue weighted by Gasteiger charge is 2.22. The first-order valence-corrected chi connectivity index (χ1v) is 9.86. The van der Waals surface area contributed by atoms with Crippen molar-refractivity contribution in [2.45, 2.75) is 5.75 Å². The lowest BCUT2D eigenvalue weighted by Gasteiger charge is -2.07. The quantitative estimate of drug-likeness (QED) is 0.292. The number of nitro groups is 1. The van der Waals surface area contributed by atoms with Crippen molar-refractivity contribution in [2.75, 3.05) is 18.9 Å². The molecule has 1 aromatic carbocycles. The third-order valence-corrected chi connectivity index (χ3v) is 5.41. The number of nitrogens with zero attached hydrogens (tertiary/aromatic N) is 1. The fourth-order valence-electron chi connectivity index (χ4n) is 1.92. The van der Waals surface area contributed by atoms with E-state index in [4.69, 9.17) is 16.3 Å². The Labute approximate surface area is 162 Å². The van der Waals surface area contributed by atoms with Gasteiger partial charge in [0.05, 0.1) is 4.92 Å². The van der Waals surface area contributed by atoms with E-state index in [1.54, 1.807) is 23.1 Å². The van der Waals surface area contributed by atoms with Crippen molar-refractivity contribution >= 4 is 52.3 Å². The van der Waals surface area contributed by atoms with Crippen LogP contribution in [0.15, 0.2) is 35.7 Å². The standard InChI is InChI=1S/C16H15ClN2O5S2/c17-11-3-4-13(14(8-11)19(22)23)16(21)24-9-15(20)18-5-7-25-10-12-2-1-6-26-12/h1-4,6,8H,5,7,9-10H2,(H,18,20). The number of thiophene rings is 1. The SMILES string of the molecule is O=C(COC(=O)c1ccc(Cl)cc1[N+](=O)[O-])NCCSCc1cccs1. The number of hydrogen-bond donors (Lipinski definition) is 1. The molecule has 0 radical (unpaired) electrons. The topological polar surface area (TPSA) is 98.5 Å². The van der Waals surface area contributed by atoms with E-state index in [0.29, 0.717) is 6.54 Å². The Morgan fingerprint density at radius 3 is 2.85 bits per heavy atom. The molecule has 1 N–H and O–H groups in total. The zero-order valence-electron chi connectivity index (χ0n) is 13.5. The molecular formula is C16H15ClN2O5S2. The minimum absolute atomic E-state index is 0.131. The van der Waals surface area contributed by atoms with Gasteiger partial charge in [-0.1, -0.05) is 17.7 Å². The molecule has 0 aliphatic carbocycles. The summed E-state index contributed by atoms with van der Waals surface area (Å²) >= 11 is 9.05.